The fourth-order valence-corrected chi connectivity index (χ4v) is 4.63. The van der Waals surface area contributed by atoms with Gasteiger partial charge in [-0.15, -0.1) is 0 Å². The molecule has 0 bridgehead atoms. The molecular formula is C25H28Cl2N4O. The van der Waals surface area contributed by atoms with E-state index in [2.05, 4.69) is 11.8 Å². The van der Waals surface area contributed by atoms with E-state index in [9.17, 15) is 4.79 Å². The Hall–Kier alpha value is -2.34. The number of carbonyl (C=O) groups excluding carboxylic acids is 1. The lowest BCUT2D eigenvalue weighted by Crippen LogP contribution is -2.37. The molecule has 1 aromatic heterocycles. The van der Waals surface area contributed by atoms with Gasteiger partial charge in [-0.2, -0.15) is 5.10 Å². The van der Waals surface area contributed by atoms with Gasteiger partial charge in [-0.05, 0) is 44.7 Å². The van der Waals surface area contributed by atoms with E-state index in [0.717, 1.165) is 37.4 Å². The maximum Gasteiger partial charge on any atom is 0.255 e. The molecule has 0 saturated carbocycles. The number of nitrogens with zero attached hydrogens (tertiary/aromatic N) is 4. The molecule has 2 aromatic carbocycles. The summed E-state index contributed by atoms with van der Waals surface area (Å²) in [6.45, 7) is 9.39. The normalized spacial score (nSPS) is 13.9. The second kappa shape index (κ2) is 9.65. The number of fused-ring (bicyclic) bond motifs is 1. The Bertz CT molecular complexity index is 1120. The van der Waals surface area contributed by atoms with Gasteiger partial charge in [0.2, 0.25) is 0 Å². The number of benzene rings is 2. The van der Waals surface area contributed by atoms with E-state index in [0.29, 0.717) is 22.2 Å². The molecule has 32 heavy (non-hydrogen) atoms. The Morgan fingerprint density at radius 2 is 1.78 bits per heavy atom. The molecule has 0 fully saturated rings. The van der Waals surface area contributed by atoms with Gasteiger partial charge in [0.05, 0.1) is 39.2 Å². The molecule has 4 rings (SSSR count). The van der Waals surface area contributed by atoms with Gasteiger partial charge in [0.25, 0.3) is 5.91 Å². The Morgan fingerprint density at radius 1 is 1.09 bits per heavy atom. The summed E-state index contributed by atoms with van der Waals surface area (Å²) in [5, 5.41) is 6.12. The number of rotatable bonds is 6. The zero-order valence-corrected chi connectivity index (χ0v) is 20.2. The predicted octanol–water partition coefficient (Wildman–Crippen LogP) is 5.61. The summed E-state index contributed by atoms with van der Waals surface area (Å²) in [5.41, 5.74) is 4.65. The van der Waals surface area contributed by atoms with E-state index in [1.807, 2.05) is 59.8 Å². The average molecular weight is 471 g/mol. The van der Waals surface area contributed by atoms with Crippen molar-refractivity contribution < 1.29 is 4.79 Å². The smallest absolute Gasteiger partial charge is 0.255 e. The highest BCUT2D eigenvalue weighted by atomic mass is 35.5. The summed E-state index contributed by atoms with van der Waals surface area (Å²) in [6.07, 6.45) is 0.890. The fourth-order valence-electron chi connectivity index (χ4n) is 4.20. The number of carbonyl (C=O) groups is 1. The molecule has 7 heteroatoms. The van der Waals surface area contributed by atoms with Crippen LogP contribution in [0.25, 0.3) is 5.69 Å². The Balaban J connectivity index is 1.76. The van der Waals surface area contributed by atoms with Crippen LogP contribution in [0.2, 0.25) is 10.0 Å². The van der Waals surface area contributed by atoms with Gasteiger partial charge < -0.3 is 4.90 Å². The van der Waals surface area contributed by atoms with Gasteiger partial charge in [0.15, 0.2) is 0 Å². The van der Waals surface area contributed by atoms with Crippen LogP contribution in [0.15, 0.2) is 48.5 Å². The summed E-state index contributed by atoms with van der Waals surface area (Å²) >= 11 is 12.9. The number of likely N-dealkylation sites (N-methyl/N-ethyl adjacent to an activating group) is 1. The summed E-state index contributed by atoms with van der Waals surface area (Å²) < 4.78 is 1.97. The first kappa shape index (κ1) is 22.8. The van der Waals surface area contributed by atoms with Crippen LogP contribution in [0.5, 0.6) is 0 Å². The third-order valence-electron chi connectivity index (χ3n) is 6.06. The van der Waals surface area contributed by atoms with E-state index in [1.165, 1.54) is 11.3 Å². The summed E-state index contributed by atoms with van der Waals surface area (Å²) in [6, 6.07) is 14.9. The first-order chi connectivity index (χ1) is 15.4. The molecule has 1 aliphatic rings. The first-order valence-corrected chi connectivity index (χ1v) is 11.8. The molecule has 0 radical (unpaired) electrons. The predicted molar refractivity (Wildman–Crippen MR) is 130 cm³/mol. The zero-order chi connectivity index (χ0) is 22.8. The van der Waals surface area contributed by atoms with Crippen LogP contribution >= 0.6 is 23.2 Å². The van der Waals surface area contributed by atoms with Gasteiger partial charge >= 0.3 is 0 Å². The lowest BCUT2D eigenvalue weighted by Gasteiger charge is -2.29. The molecule has 3 aromatic rings. The Morgan fingerprint density at radius 3 is 2.44 bits per heavy atom. The number of para-hydroxylation sites is 1. The molecule has 0 atom stereocenters. The molecule has 0 aliphatic carbocycles. The SMILES string of the molecule is CCN1CCc2c(c(CN(C(=O)c3ccccc3Cl)C(C)C)nn2-c2ccccc2Cl)C1. The van der Waals surface area contributed by atoms with E-state index in [1.54, 1.807) is 12.1 Å². The van der Waals surface area contributed by atoms with Crippen LogP contribution in [-0.2, 0) is 19.5 Å². The van der Waals surface area contributed by atoms with Crippen LogP contribution < -0.4 is 0 Å². The van der Waals surface area contributed by atoms with Crippen molar-refractivity contribution in [2.45, 2.75) is 46.3 Å². The standard InChI is InChI=1S/C25H28Cl2N4O/c1-4-29-14-13-23-19(15-29)22(28-31(23)24-12-8-7-11-21(24)27)16-30(17(2)3)25(32)18-9-5-6-10-20(18)26/h5-12,17H,4,13-16H2,1-3H3. The molecular weight excluding hydrogens is 443 g/mol. The third-order valence-corrected chi connectivity index (χ3v) is 6.71. The molecule has 1 amide bonds. The quantitative estimate of drug-likeness (QED) is 0.470. The van der Waals surface area contributed by atoms with Crippen LogP contribution in [0.3, 0.4) is 0 Å². The first-order valence-electron chi connectivity index (χ1n) is 11.0. The number of hydrogen-bond donors (Lipinski definition) is 0. The highest BCUT2D eigenvalue weighted by molar-refractivity contribution is 6.33. The van der Waals surface area contributed by atoms with Gasteiger partial charge in [0, 0.05) is 31.1 Å². The highest BCUT2D eigenvalue weighted by Crippen LogP contribution is 2.30. The maximum atomic E-state index is 13.4. The van der Waals surface area contributed by atoms with Gasteiger partial charge in [-0.1, -0.05) is 54.4 Å². The second-order valence-electron chi connectivity index (χ2n) is 8.36. The molecule has 0 spiro atoms. The van der Waals surface area contributed by atoms with E-state index < -0.39 is 0 Å². The van der Waals surface area contributed by atoms with Gasteiger partial charge in [-0.25, -0.2) is 4.68 Å². The average Bonchev–Trinajstić information content (AvgIpc) is 3.14. The minimum Gasteiger partial charge on any atom is -0.330 e. The van der Waals surface area contributed by atoms with Crippen molar-refractivity contribution >= 4 is 29.1 Å². The van der Waals surface area contributed by atoms with Crippen molar-refractivity contribution in [3.05, 3.63) is 81.1 Å². The number of aromatic nitrogens is 2. The van der Waals surface area contributed by atoms with E-state index in [-0.39, 0.29) is 11.9 Å². The van der Waals surface area contributed by atoms with E-state index in [4.69, 9.17) is 28.3 Å². The van der Waals surface area contributed by atoms with Crippen molar-refractivity contribution in [2.75, 3.05) is 13.1 Å². The number of hydrogen-bond acceptors (Lipinski definition) is 3. The van der Waals surface area contributed by atoms with Gasteiger partial charge in [0.1, 0.15) is 0 Å². The molecule has 168 valence electrons. The highest BCUT2D eigenvalue weighted by Gasteiger charge is 2.29. The molecule has 0 unspecified atom stereocenters. The Kier molecular flexibility index (Phi) is 6.89. The number of amides is 1. The van der Waals surface area contributed by atoms with Crippen molar-refractivity contribution in [1.29, 1.82) is 0 Å². The Labute approximate surface area is 199 Å². The summed E-state index contributed by atoms with van der Waals surface area (Å²) in [4.78, 5) is 17.6. The topological polar surface area (TPSA) is 41.4 Å². The molecule has 5 nitrogen and oxygen atoms in total. The van der Waals surface area contributed by atoms with Crippen LogP contribution in [0, 0.1) is 0 Å². The maximum absolute atomic E-state index is 13.4. The lowest BCUT2D eigenvalue weighted by molar-refractivity contribution is 0.0686. The van der Waals surface area contributed by atoms with Crippen LogP contribution in [-0.4, -0.2) is 44.6 Å². The van der Waals surface area contributed by atoms with Crippen molar-refractivity contribution in [2.24, 2.45) is 0 Å². The summed E-state index contributed by atoms with van der Waals surface area (Å²) in [5.74, 6) is -0.0881. The molecule has 0 saturated heterocycles. The lowest BCUT2D eigenvalue weighted by atomic mass is 10.0. The fraction of sp³-hybridized carbons (Fsp3) is 0.360. The minimum absolute atomic E-state index is 0.00856. The summed E-state index contributed by atoms with van der Waals surface area (Å²) in [7, 11) is 0. The van der Waals surface area contributed by atoms with E-state index >= 15 is 0 Å². The second-order valence-corrected chi connectivity index (χ2v) is 9.17. The molecule has 0 N–H and O–H groups in total. The molecule has 2 heterocycles. The van der Waals surface area contributed by atoms with Crippen LogP contribution in [0.4, 0.5) is 0 Å². The monoisotopic (exact) mass is 470 g/mol. The van der Waals surface area contributed by atoms with Gasteiger partial charge in [-0.3, -0.25) is 9.69 Å². The number of halogens is 2. The van der Waals surface area contributed by atoms with Crippen molar-refractivity contribution in [1.82, 2.24) is 19.6 Å². The molecule has 1 aliphatic heterocycles. The van der Waals surface area contributed by atoms with Crippen LogP contribution in [0.1, 0.15) is 48.1 Å². The third kappa shape index (κ3) is 4.42. The zero-order valence-electron chi connectivity index (χ0n) is 18.7. The minimum atomic E-state index is -0.0881. The largest absolute Gasteiger partial charge is 0.330 e. The van der Waals surface area contributed by atoms with Crippen molar-refractivity contribution in [3.63, 3.8) is 0 Å². The van der Waals surface area contributed by atoms with Crippen molar-refractivity contribution in [3.8, 4) is 5.69 Å².